The van der Waals surface area contributed by atoms with Crippen LogP contribution in [0.15, 0.2) is 29.4 Å². The molecule has 3 rings (SSSR count). The zero-order chi connectivity index (χ0) is 17.3. The fourth-order valence-corrected chi connectivity index (χ4v) is 2.13. The molecule has 24 heavy (non-hydrogen) atoms. The number of methoxy groups -OCH3 is 2. The predicted molar refractivity (Wildman–Crippen MR) is 78.3 cm³/mol. The van der Waals surface area contributed by atoms with Crippen LogP contribution >= 0.6 is 0 Å². The van der Waals surface area contributed by atoms with Crippen molar-refractivity contribution >= 4 is 11.4 Å². The van der Waals surface area contributed by atoms with Gasteiger partial charge in [-0.05, 0) is 18.2 Å². The van der Waals surface area contributed by atoms with Crippen molar-refractivity contribution < 1.29 is 27.4 Å². The number of halogens is 3. The number of hydrogen-bond donors (Lipinski definition) is 0. The van der Waals surface area contributed by atoms with Gasteiger partial charge in [0.15, 0.2) is 0 Å². The molecule has 0 unspecified atom stereocenters. The number of hydrogen-bond acceptors (Lipinski definition) is 6. The highest BCUT2D eigenvalue weighted by Gasteiger charge is 2.32. The van der Waals surface area contributed by atoms with Crippen molar-refractivity contribution in [3.05, 3.63) is 35.7 Å². The Labute approximate surface area is 134 Å². The summed E-state index contributed by atoms with van der Waals surface area (Å²) in [6.07, 6.45) is -3.00. The summed E-state index contributed by atoms with van der Waals surface area (Å²) in [6.45, 7) is -0.0293. The fraction of sp³-hybridized carbons (Fsp3) is 0.267. The highest BCUT2D eigenvalue weighted by molar-refractivity contribution is 6.02. The Morgan fingerprint density at radius 3 is 2.54 bits per heavy atom. The van der Waals surface area contributed by atoms with Gasteiger partial charge in [0.2, 0.25) is 0 Å². The number of aromatic nitrogens is 2. The summed E-state index contributed by atoms with van der Waals surface area (Å²) in [7, 11) is 2.85. The molecule has 1 aromatic heterocycles. The van der Waals surface area contributed by atoms with E-state index >= 15 is 0 Å². The van der Waals surface area contributed by atoms with Gasteiger partial charge >= 0.3 is 6.18 Å². The molecular formula is C15H12F3N3O3. The number of nitrogens with zero attached hydrogens (tertiary/aromatic N) is 3. The Bertz CT molecular complexity index is 806. The van der Waals surface area contributed by atoms with Crippen molar-refractivity contribution in [1.29, 1.82) is 0 Å². The number of fused-ring (bicyclic) bond motifs is 1. The summed E-state index contributed by atoms with van der Waals surface area (Å²) >= 11 is 0. The summed E-state index contributed by atoms with van der Waals surface area (Å²) in [6, 6.07) is 3.14. The molecule has 2 heterocycles. The van der Waals surface area contributed by atoms with Gasteiger partial charge in [0, 0.05) is 0 Å². The van der Waals surface area contributed by atoms with E-state index in [0.717, 1.165) is 12.1 Å². The Balaban J connectivity index is 1.96. The van der Waals surface area contributed by atoms with Crippen LogP contribution in [0.25, 0.3) is 0 Å². The topological polar surface area (TPSA) is 65.8 Å². The minimum Gasteiger partial charge on any atom is -0.485 e. The second-order valence-electron chi connectivity index (χ2n) is 4.80. The third kappa shape index (κ3) is 2.97. The smallest absolute Gasteiger partial charge is 0.416 e. The van der Waals surface area contributed by atoms with Crippen LogP contribution in [0.2, 0.25) is 0 Å². The maximum Gasteiger partial charge on any atom is 0.416 e. The highest BCUT2D eigenvalue weighted by Crippen LogP contribution is 2.38. The SMILES string of the molecule is COc1ncc(C2=Nc3ccc(C(F)(F)F)cc3OC2)nc1OC. The van der Waals surface area contributed by atoms with Crippen LogP contribution < -0.4 is 14.2 Å². The summed E-state index contributed by atoms with van der Waals surface area (Å²) in [5.41, 5.74) is 0.320. The van der Waals surface area contributed by atoms with Crippen molar-refractivity contribution in [2.24, 2.45) is 4.99 Å². The molecule has 0 saturated heterocycles. The summed E-state index contributed by atoms with van der Waals surface area (Å²) in [5, 5.41) is 0. The lowest BCUT2D eigenvalue weighted by atomic mass is 10.1. The molecule has 0 amide bonds. The van der Waals surface area contributed by atoms with E-state index in [2.05, 4.69) is 15.0 Å². The Hall–Kier alpha value is -2.84. The van der Waals surface area contributed by atoms with Crippen molar-refractivity contribution in [3.8, 4) is 17.5 Å². The molecule has 0 fully saturated rings. The van der Waals surface area contributed by atoms with Crippen LogP contribution in [0.1, 0.15) is 11.3 Å². The third-order valence-corrected chi connectivity index (χ3v) is 3.30. The van der Waals surface area contributed by atoms with Crippen LogP contribution in [0.5, 0.6) is 17.5 Å². The van der Waals surface area contributed by atoms with E-state index in [-0.39, 0.29) is 24.1 Å². The van der Waals surface area contributed by atoms with Crippen LogP contribution in [0, 0.1) is 0 Å². The molecule has 0 bridgehead atoms. The summed E-state index contributed by atoms with van der Waals surface area (Å²) in [5.74, 6) is 0.465. The molecule has 0 saturated carbocycles. The summed E-state index contributed by atoms with van der Waals surface area (Å²) in [4.78, 5) is 12.6. The third-order valence-electron chi connectivity index (χ3n) is 3.30. The molecule has 0 atom stereocenters. The minimum absolute atomic E-state index is 0.0293. The molecule has 2 aromatic rings. The van der Waals surface area contributed by atoms with E-state index in [1.807, 2.05) is 0 Å². The highest BCUT2D eigenvalue weighted by atomic mass is 19.4. The van der Waals surface area contributed by atoms with Crippen molar-refractivity contribution in [3.63, 3.8) is 0 Å². The van der Waals surface area contributed by atoms with Crippen molar-refractivity contribution in [1.82, 2.24) is 9.97 Å². The molecule has 0 aliphatic carbocycles. The van der Waals surface area contributed by atoms with E-state index in [0.29, 0.717) is 17.1 Å². The molecule has 126 valence electrons. The van der Waals surface area contributed by atoms with Gasteiger partial charge in [-0.25, -0.2) is 15.0 Å². The maximum absolute atomic E-state index is 12.7. The quantitative estimate of drug-likeness (QED) is 0.860. The second kappa shape index (κ2) is 5.99. The lowest BCUT2D eigenvalue weighted by Gasteiger charge is -2.18. The molecule has 0 N–H and O–H groups in total. The van der Waals surface area contributed by atoms with Crippen LogP contribution in [-0.4, -0.2) is 36.5 Å². The molecule has 1 aliphatic rings. The summed E-state index contributed by atoms with van der Waals surface area (Å²) < 4.78 is 53.6. The van der Waals surface area contributed by atoms with E-state index < -0.39 is 11.7 Å². The molecule has 0 spiro atoms. The number of benzene rings is 1. The lowest BCUT2D eigenvalue weighted by molar-refractivity contribution is -0.137. The average molecular weight is 339 g/mol. The second-order valence-corrected chi connectivity index (χ2v) is 4.80. The van der Waals surface area contributed by atoms with Crippen molar-refractivity contribution in [2.75, 3.05) is 20.8 Å². The monoisotopic (exact) mass is 339 g/mol. The molecule has 6 nitrogen and oxygen atoms in total. The molecular weight excluding hydrogens is 327 g/mol. The van der Waals surface area contributed by atoms with E-state index in [1.165, 1.54) is 26.5 Å². The van der Waals surface area contributed by atoms with Gasteiger partial charge < -0.3 is 14.2 Å². The minimum atomic E-state index is -4.43. The maximum atomic E-state index is 12.7. The molecule has 0 radical (unpaired) electrons. The van der Waals surface area contributed by atoms with E-state index in [9.17, 15) is 13.2 Å². The first-order chi connectivity index (χ1) is 11.4. The number of aliphatic imine (C=N–C) groups is 1. The van der Waals surface area contributed by atoms with Gasteiger partial charge in [-0.2, -0.15) is 13.2 Å². The van der Waals surface area contributed by atoms with Crippen LogP contribution in [0.3, 0.4) is 0 Å². The predicted octanol–water partition coefficient (Wildman–Crippen LogP) is 3.03. The molecule has 9 heteroatoms. The largest absolute Gasteiger partial charge is 0.485 e. The first kappa shape index (κ1) is 16.0. The van der Waals surface area contributed by atoms with Gasteiger partial charge in [0.1, 0.15) is 29.4 Å². The standard InChI is InChI=1S/C15H12F3N3O3/c1-22-13-14(23-2)21-10(6-19-13)11-7-24-12-5-8(15(16,17)18)3-4-9(12)20-11/h3-6H,7H2,1-2H3. The Morgan fingerprint density at radius 1 is 1.12 bits per heavy atom. The van der Waals surface area contributed by atoms with E-state index in [4.69, 9.17) is 14.2 Å². The van der Waals surface area contributed by atoms with Crippen LogP contribution in [0.4, 0.5) is 18.9 Å². The van der Waals surface area contributed by atoms with Gasteiger partial charge in [-0.15, -0.1) is 0 Å². The number of alkyl halides is 3. The van der Waals surface area contributed by atoms with Crippen LogP contribution in [-0.2, 0) is 6.18 Å². The first-order valence-electron chi connectivity index (χ1n) is 6.79. The Kier molecular flexibility index (Phi) is 4.00. The van der Waals surface area contributed by atoms with Gasteiger partial charge in [-0.3, -0.25) is 0 Å². The van der Waals surface area contributed by atoms with Gasteiger partial charge in [0.05, 0.1) is 26.0 Å². The molecule has 1 aromatic carbocycles. The van der Waals surface area contributed by atoms with Gasteiger partial charge in [0.25, 0.3) is 11.8 Å². The fourth-order valence-electron chi connectivity index (χ4n) is 2.13. The first-order valence-corrected chi connectivity index (χ1v) is 6.79. The number of ether oxygens (including phenoxy) is 3. The average Bonchev–Trinajstić information content (AvgIpc) is 2.59. The Morgan fingerprint density at radius 2 is 1.88 bits per heavy atom. The van der Waals surface area contributed by atoms with Gasteiger partial charge in [-0.1, -0.05) is 0 Å². The normalized spacial score (nSPS) is 13.6. The zero-order valence-electron chi connectivity index (χ0n) is 12.7. The molecule has 1 aliphatic heterocycles. The van der Waals surface area contributed by atoms with E-state index in [1.54, 1.807) is 0 Å². The lowest BCUT2D eigenvalue weighted by Crippen LogP contribution is -2.19. The number of rotatable bonds is 3. The zero-order valence-corrected chi connectivity index (χ0v) is 12.7. The van der Waals surface area contributed by atoms with Crippen molar-refractivity contribution in [2.45, 2.75) is 6.18 Å².